The minimum atomic E-state index is -4.30. The Kier molecular flexibility index (Phi) is 4.38. The van der Waals surface area contributed by atoms with Crippen molar-refractivity contribution in [2.75, 3.05) is 5.32 Å². The minimum absolute atomic E-state index is 0.352. The first kappa shape index (κ1) is 14.9. The van der Waals surface area contributed by atoms with Gasteiger partial charge in [0.15, 0.2) is 0 Å². The number of nitrogens with one attached hydrogen (secondary N) is 1. The van der Waals surface area contributed by atoms with E-state index in [0.717, 1.165) is 21.8 Å². The van der Waals surface area contributed by atoms with E-state index in [1.54, 1.807) is 6.07 Å². The van der Waals surface area contributed by atoms with E-state index in [9.17, 15) is 13.2 Å². The largest absolute Gasteiger partial charge is 0.416 e. The topological polar surface area (TPSA) is 12.0 Å². The first-order valence-electron chi connectivity index (χ1n) is 6.02. The number of anilines is 1. The Morgan fingerprint density at radius 2 is 1.85 bits per heavy atom. The molecule has 0 spiro atoms. The predicted molar refractivity (Wildman–Crippen MR) is 77.6 cm³/mol. The van der Waals surface area contributed by atoms with Crippen molar-refractivity contribution in [3.05, 3.63) is 63.6 Å². The van der Waals surface area contributed by atoms with Crippen molar-refractivity contribution in [2.24, 2.45) is 0 Å². The van der Waals surface area contributed by atoms with Crippen LogP contribution in [0.25, 0.3) is 0 Å². The van der Waals surface area contributed by atoms with E-state index in [-0.39, 0.29) is 0 Å². The maximum absolute atomic E-state index is 12.6. The van der Waals surface area contributed by atoms with Crippen LogP contribution in [0.1, 0.15) is 16.7 Å². The van der Waals surface area contributed by atoms with Gasteiger partial charge in [0, 0.05) is 16.7 Å². The van der Waals surface area contributed by atoms with E-state index in [4.69, 9.17) is 0 Å². The molecule has 0 aromatic heterocycles. The van der Waals surface area contributed by atoms with Crippen LogP contribution in [0, 0.1) is 6.92 Å². The lowest BCUT2D eigenvalue weighted by molar-refractivity contribution is -0.137. The van der Waals surface area contributed by atoms with Crippen LogP contribution in [0.3, 0.4) is 0 Å². The molecule has 0 bridgehead atoms. The van der Waals surface area contributed by atoms with Crippen LogP contribution < -0.4 is 5.32 Å². The number of benzene rings is 2. The van der Waals surface area contributed by atoms with Crippen LogP contribution in [-0.2, 0) is 12.7 Å². The Hall–Kier alpha value is -1.49. The zero-order valence-corrected chi connectivity index (χ0v) is 12.3. The van der Waals surface area contributed by atoms with E-state index in [1.165, 1.54) is 12.1 Å². The molecule has 0 heterocycles. The molecule has 0 aliphatic rings. The highest BCUT2D eigenvalue weighted by molar-refractivity contribution is 9.10. The quantitative estimate of drug-likeness (QED) is 0.787. The molecule has 0 radical (unpaired) electrons. The second-order valence-corrected chi connectivity index (χ2v) is 5.37. The SMILES string of the molecule is Cc1cc(NCc2cccc(C(F)(F)F)c2)ccc1Br. The zero-order chi connectivity index (χ0) is 14.8. The maximum Gasteiger partial charge on any atom is 0.416 e. The van der Waals surface area contributed by atoms with Gasteiger partial charge in [-0.15, -0.1) is 0 Å². The van der Waals surface area contributed by atoms with Gasteiger partial charge in [-0.3, -0.25) is 0 Å². The Morgan fingerprint density at radius 3 is 2.50 bits per heavy atom. The van der Waals surface area contributed by atoms with E-state index in [0.29, 0.717) is 12.1 Å². The van der Waals surface area contributed by atoms with Gasteiger partial charge in [-0.1, -0.05) is 28.1 Å². The third-order valence-corrected chi connectivity index (χ3v) is 3.80. The highest BCUT2D eigenvalue weighted by Crippen LogP contribution is 2.29. The lowest BCUT2D eigenvalue weighted by Crippen LogP contribution is -2.06. The van der Waals surface area contributed by atoms with Crippen LogP contribution in [0.4, 0.5) is 18.9 Å². The maximum atomic E-state index is 12.6. The predicted octanol–water partition coefficient (Wildman–Crippen LogP) is 5.39. The molecule has 1 nitrogen and oxygen atoms in total. The van der Waals surface area contributed by atoms with Gasteiger partial charge >= 0.3 is 6.18 Å². The highest BCUT2D eigenvalue weighted by Gasteiger charge is 2.30. The van der Waals surface area contributed by atoms with E-state index < -0.39 is 11.7 Å². The molecule has 2 aromatic rings. The Labute approximate surface area is 123 Å². The smallest absolute Gasteiger partial charge is 0.381 e. The Morgan fingerprint density at radius 1 is 1.10 bits per heavy atom. The summed E-state index contributed by atoms with van der Waals surface area (Å²) < 4.78 is 38.8. The first-order valence-corrected chi connectivity index (χ1v) is 6.82. The van der Waals surface area contributed by atoms with Crippen LogP contribution in [0.5, 0.6) is 0 Å². The van der Waals surface area contributed by atoms with Crippen LogP contribution in [0.2, 0.25) is 0 Å². The van der Waals surface area contributed by atoms with E-state index in [2.05, 4.69) is 21.2 Å². The molecule has 0 fully saturated rings. The van der Waals surface area contributed by atoms with Crippen molar-refractivity contribution in [1.82, 2.24) is 0 Å². The summed E-state index contributed by atoms with van der Waals surface area (Å²) in [5, 5.41) is 3.12. The lowest BCUT2D eigenvalue weighted by Gasteiger charge is -2.11. The second kappa shape index (κ2) is 5.87. The standard InChI is InChI=1S/C15H13BrF3N/c1-10-7-13(5-6-14(10)16)20-9-11-3-2-4-12(8-11)15(17,18)19/h2-8,20H,9H2,1H3. The van der Waals surface area contributed by atoms with Gasteiger partial charge in [-0.05, 0) is 48.4 Å². The van der Waals surface area contributed by atoms with Crippen molar-refractivity contribution < 1.29 is 13.2 Å². The molecule has 1 N–H and O–H groups in total. The minimum Gasteiger partial charge on any atom is -0.381 e. The first-order chi connectivity index (χ1) is 9.36. The molecule has 0 amide bonds. The summed E-state index contributed by atoms with van der Waals surface area (Å²) in [4.78, 5) is 0. The summed E-state index contributed by atoms with van der Waals surface area (Å²) in [7, 11) is 0. The molecule has 0 atom stereocenters. The van der Waals surface area contributed by atoms with E-state index in [1.807, 2.05) is 25.1 Å². The molecule has 0 saturated carbocycles. The third-order valence-electron chi connectivity index (χ3n) is 2.91. The van der Waals surface area contributed by atoms with Crippen molar-refractivity contribution in [3.63, 3.8) is 0 Å². The summed E-state index contributed by atoms with van der Waals surface area (Å²) in [5.74, 6) is 0. The molecule has 20 heavy (non-hydrogen) atoms. The fraction of sp³-hybridized carbons (Fsp3) is 0.200. The molecule has 5 heteroatoms. The summed E-state index contributed by atoms with van der Waals surface area (Å²) in [6.07, 6.45) is -4.30. The average molecular weight is 344 g/mol. The second-order valence-electron chi connectivity index (χ2n) is 4.52. The summed E-state index contributed by atoms with van der Waals surface area (Å²) in [5.41, 5.74) is 1.92. The van der Waals surface area contributed by atoms with Gasteiger partial charge in [0.05, 0.1) is 5.56 Å². The Bertz CT molecular complexity index is 608. The fourth-order valence-electron chi connectivity index (χ4n) is 1.82. The molecule has 2 aromatic carbocycles. The number of rotatable bonds is 3. The number of hydrogen-bond acceptors (Lipinski definition) is 1. The summed E-state index contributed by atoms with van der Waals surface area (Å²) in [6, 6.07) is 11.1. The monoisotopic (exact) mass is 343 g/mol. The molecular formula is C15H13BrF3N. The number of hydrogen-bond donors (Lipinski definition) is 1. The van der Waals surface area contributed by atoms with Crippen molar-refractivity contribution in [2.45, 2.75) is 19.6 Å². The van der Waals surface area contributed by atoms with Gasteiger partial charge in [-0.25, -0.2) is 0 Å². The molecule has 0 aliphatic carbocycles. The van der Waals surface area contributed by atoms with Gasteiger partial charge < -0.3 is 5.32 Å². The lowest BCUT2D eigenvalue weighted by atomic mass is 10.1. The fourth-order valence-corrected chi connectivity index (χ4v) is 2.06. The molecule has 2 rings (SSSR count). The average Bonchev–Trinajstić information content (AvgIpc) is 2.39. The van der Waals surface area contributed by atoms with Crippen LogP contribution in [0.15, 0.2) is 46.9 Å². The summed E-state index contributed by atoms with van der Waals surface area (Å²) >= 11 is 3.40. The normalized spacial score (nSPS) is 11.4. The number of halogens is 4. The third kappa shape index (κ3) is 3.76. The molecule has 0 unspecified atom stereocenters. The van der Waals surface area contributed by atoms with Gasteiger partial charge in [0.1, 0.15) is 0 Å². The highest BCUT2D eigenvalue weighted by atomic mass is 79.9. The van der Waals surface area contributed by atoms with Crippen molar-refractivity contribution in [3.8, 4) is 0 Å². The van der Waals surface area contributed by atoms with E-state index >= 15 is 0 Å². The number of aryl methyl sites for hydroxylation is 1. The molecule has 106 valence electrons. The molecule has 0 saturated heterocycles. The molecular weight excluding hydrogens is 331 g/mol. The molecule has 0 aliphatic heterocycles. The van der Waals surface area contributed by atoms with Gasteiger partial charge in [-0.2, -0.15) is 13.2 Å². The van der Waals surface area contributed by atoms with Crippen LogP contribution in [-0.4, -0.2) is 0 Å². The van der Waals surface area contributed by atoms with Crippen molar-refractivity contribution in [1.29, 1.82) is 0 Å². The van der Waals surface area contributed by atoms with Crippen LogP contribution >= 0.6 is 15.9 Å². The number of alkyl halides is 3. The van der Waals surface area contributed by atoms with Gasteiger partial charge in [0.2, 0.25) is 0 Å². The summed E-state index contributed by atoms with van der Waals surface area (Å²) in [6.45, 7) is 2.31. The van der Waals surface area contributed by atoms with Gasteiger partial charge in [0.25, 0.3) is 0 Å². The Balaban J connectivity index is 2.09. The van der Waals surface area contributed by atoms with Crippen molar-refractivity contribution >= 4 is 21.6 Å². The zero-order valence-electron chi connectivity index (χ0n) is 10.8.